The second kappa shape index (κ2) is 4.76. The van der Waals surface area contributed by atoms with E-state index in [1.165, 1.54) is 16.5 Å². The minimum atomic E-state index is 0.827. The van der Waals surface area contributed by atoms with E-state index in [1.54, 1.807) is 0 Å². The van der Waals surface area contributed by atoms with Crippen LogP contribution in [0.1, 0.15) is 11.1 Å². The molecule has 0 saturated heterocycles. The van der Waals surface area contributed by atoms with Crippen LogP contribution in [0.15, 0.2) is 48.9 Å². The molecule has 2 aromatic heterocycles. The Balaban J connectivity index is 1.91. The molecule has 19 heavy (non-hydrogen) atoms. The summed E-state index contributed by atoms with van der Waals surface area (Å²) in [6.07, 6.45) is 6.03. The zero-order valence-corrected chi connectivity index (χ0v) is 11.2. The Morgan fingerprint density at radius 3 is 2.89 bits per heavy atom. The number of nitrogens with zero attached hydrogens (tertiary/aromatic N) is 2. The highest BCUT2D eigenvalue weighted by Gasteiger charge is 2.04. The van der Waals surface area contributed by atoms with Gasteiger partial charge in [-0.25, -0.2) is 0 Å². The van der Waals surface area contributed by atoms with E-state index in [9.17, 15) is 0 Å². The number of anilines is 1. The summed E-state index contributed by atoms with van der Waals surface area (Å²) in [6, 6.07) is 10.5. The average molecular weight is 251 g/mol. The Morgan fingerprint density at radius 1 is 1.21 bits per heavy atom. The van der Waals surface area contributed by atoms with Crippen LogP contribution in [0.3, 0.4) is 0 Å². The molecule has 1 aromatic carbocycles. The van der Waals surface area contributed by atoms with Gasteiger partial charge in [0.05, 0.1) is 5.52 Å². The molecule has 0 aliphatic rings. The Labute approximate surface area is 112 Å². The predicted octanol–water partition coefficient (Wildman–Crippen LogP) is 3.49. The number of rotatable bonds is 3. The highest BCUT2D eigenvalue weighted by molar-refractivity contribution is 5.93. The van der Waals surface area contributed by atoms with Gasteiger partial charge in [0.2, 0.25) is 0 Å². The van der Waals surface area contributed by atoms with Crippen molar-refractivity contribution in [1.82, 2.24) is 9.55 Å². The van der Waals surface area contributed by atoms with Crippen LogP contribution in [-0.2, 0) is 13.6 Å². The number of hydrogen-bond donors (Lipinski definition) is 1. The third-order valence-corrected chi connectivity index (χ3v) is 3.35. The lowest BCUT2D eigenvalue weighted by Crippen LogP contribution is -2.00. The maximum Gasteiger partial charge on any atom is 0.0751 e. The van der Waals surface area contributed by atoms with Gasteiger partial charge < -0.3 is 9.88 Å². The molecular formula is C16H17N3. The highest BCUT2D eigenvalue weighted by atomic mass is 14.9. The van der Waals surface area contributed by atoms with E-state index < -0.39 is 0 Å². The van der Waals surface area contributed by atoms with Crippen molar-refractivity contribution in [3.8, 4) is 0 Å². The van der Waals surface area contributed by atoms with E-state index >= 15 is 0 Å². The van der Waals surface area contributed by atoms with Crippen molar-refractivity contribution in [1.29, 1.82) is 0 Å². The molecule has 0 bridgehead atoms. The molecule has 96 valence electrons. The molecule has 0 unspecified atom stereocenters. The Kier molecular flexibility index (Phi) is 2.95. The third kappa shape index (κ3) is 2.32. The number of hydrogen-bond acceptors (Lipinski definition) is 2. The molecule has 3 heteroatoms. The number of fused-ring (bicyclic) bond motifs is 1. The van der Waals surface area contributed by atoms with Gasteiger partial charge in [0.1, 0.15) is 0 Å². The fourth-order valence-electron chi connectivity index (χ4n) is 2.33. The highest BCUT2D eigenvalue weighted by Crippen LogP contribution is 2.24. The van der Waals surface area contributed by atoms with E-state index in [1.807, 2.05) is 19.3 Å². The van der Waals surface area contributed by atoms with Crippen LogP contribution in [0.5, 0.6) is 0 Å². The summed E-state index contributed by atoms with van der Waals surface area (Å²) in [5.74, 6) is 0. The van der Waals surface area contributed by atoms with Crippen LogP contribution in [0, 0.1) is 6.92 Å². The molecule has 0 aliphatic heterocycles. The lowest BCUT2D eigenvalue weighted by molar-refractivity contribution is 0.920. The smallest absolute Gasteiger partial charge is 0.0751 e. The van der Waals surface area contributed by atoms with Crippen LogP contribution < -0.4 is 5.32 Å². The van der Waals surface area contributed by atoms with Crippen LogP contribution in [0.2, 0.25) is 0 Å². The molecule has 0 amide bonds. The molecule has 2 heterocycles. The number of aromatic nitrogens is 2. The standard InChI is InChI=1S/C16H17N3/c1-12-5-6-15(14-4-3-8-17-16(12)14)18-10-13-7-9-19(2)11-13/h3-9,11,18H,10H2,1-2H3. The van der Waals surface area contributed by atoms with Crippen molar-refractivity contribution in [2.75, 3.05) is 5.32 Å². The first-order chi connectivity index (χ1) is 9.24. The molecule has 0 radical (unpaired) electrons. The molecule has 1 N–H and O–H groups in total. The summed E-state index contributed by atoms with van der Waals surface area (Å²) < 4.78 is 2.06. The first-order valence-corrected chi connectivity index (χ1v) is 6.43. The van der Waals surface area contributed by atoms with Gasteiger partial charge in [-0.1, -0.05) is 6.07 Å². The Bertz CT molecular complexity index is 713. The topological polar surface area (TPSA) is 29.9 Å². The summed E-state index contributed by atoms with van der Waals surface area (Å²) in [4.78, 5) is 4.46. The van der Waals surface area contributed by atoms with Gasteiger partial charge >= 0.3 is 0 Å². The lowest BCUT2D eigenvalue weighted by Gasteiger charge is -2.10. The van der Waals surface area contributed by atoms with Crippen LogP contribution in [0.4, 0.5) is 5.69 Å². The summed E-state index contributed by atoms with van der Waals surface area (Å²) in [7, 11) is 2.04. The summed E-state index contributed by atoms with van der Waals surface area (Å²) in [6.45, 7) is 2.92. The van der Waals surface area contributed by atoms with Gasteiger partial charge in [-0.2, -0.15) is 0 Å². The van der Waals surface area contributed by atoms with Gasteiger partial charge in [0.25, 0.3) is 0 Å². The molecule has 3 aromatic rings. The molecule has 3 rings (SSSR count). The average Bonchev–Trinajstić information content (AvgIpc) is 2.84. The van der Waals surface area contributed by atoms with Crippen molar-refractivity contribution in [3.05, 3.63) is 60.0 Å². The molecule has 3 nitrogen and oxygen atoms in total. The minimum absolute atomic E-state index is 0.827. The Hall–Kier alpha value is -2.29. The second-order valence-corrected chi connectivity index (χ2v) is 4.87. The number of pyridine rings is 1. The summed E-state index contributed by atoms with van der Waals surface area (Å²) >= 11 is 0. The molecule has 0 fully saturated rings. The molecule has 0 aliphatic carbocycles. The molecule has 0 atom stereocenters. The quantitative estimate of drug-likeness (QED) is 0.772. The largest absolute Gasteiger partial charge is 0.380 e. The summed E-state index contributed by atoms with van der Waals surface area (Å²) in [5, 5.41) is 4.67. The van der Waals surface area contributed by atoms with Crippen molar-refractivity contribution in [2.45, 2.75) is 13.5 Å². The summed E-state index contributed by atoms with van der Waals surface area (Å²) in [5.41, 5.74) is 4.69. The van der Waals surface area contributed by atoms with Gasteiger partial charge in [0, 0.05) is 43.3 Å². The van der Waals surface area contributed by atoms with E-state index in [-0.39, 0.29) is 0 Å². The monoisotopic (exact) mass is 251 g/mol. The zero-order valence-electron chi connectivity index (χ0n) is 11.2. The van der Waals surface area contributed by atoms with Crippen molar-refractivity contribution >= 4 is 16.6 Å². The second-order valence-electron chi connectivity index (χ2n) is 4.87. The normalized spacial score (nSPS) is 10.8. The lowest BCUT2D eigenvalue weighted by atomic mass is 10.1. The predicted molar refractivity (Wildman–Crippen MR) is 79.2 cm³/mol. The van der Waals surface area contributed by atoms with E-state index in [4.69, 9.17) is 0 Å². The van der Waals surface area contributed by atoms with E-state index in [0.717, 1.165) is 17.7 Å². The SMILES string of the molecule is Cc1ccc(NCc2ccn(C)c2)c2cccnc12. The maximum atomic E-state index is 4.46. The first kappa shape index (κ1) is 11.8. The number of aryl methyl sites for hydroxylation is 2. The Morgan fingerprint density at radius 2 is 2.11 bits per heavy atom. The molecular weight excluding hydrogens is 234 g/mol. The minimum Gasteiger partial charge on any atom is -0.380 e. The number of benzene rings is 1. The van der Waals surface area contributed by atoms with Gasteiger partial charge in [-0.3, -0.25) is 4.98 Å². The van der Waals surface area contributed by atoms with Crippen molar-refractivity contribution in [3.63, 3.8) is 0 Å². The molecule has 0 spiro atoms. The van der Waals surface area contributed by atoms with Crippen molar-refractivity contribution < 1.29 is 0 Å². The van der Waals surface area contributed by atoms with E-state index in [0.29, 0.717) is 0 Å². The van der Waals surface area contributed by atoms with Gasteiger partial charge in [-0.05, 0) is 42.3 Å². The zero-order chi connectivity index (χ0) is 13.2. The fraction of sp³-hybridized carbons (Fsp3) is 0.188. The fourth-order valence-corrected chi connectivity index (χ4v) is 2.33. The number of nitrogens with one attached hydrogen (secondary N) is 1. The van der Waals surface area contributed by atoms with Crippen LogP contribution in [0.25, 0.3) is 10.9 Å². The van der Waals surface area contributed by atoms with E-state index in [2.05, 4.69) is 58.5 Å². The van der Waals surface area contributed by atoms with Crippen molar-refractivity contribution in [2.24, 2.45) is 7.05 Å². The third-order valence-electron chi connectivity index (χ3n) is 3.35. The maximum absolute atomic E-state index is 4.46. The molecule has 0 saturated carbocycles. The van der Waals surface area contributed by atoms with Crippen LogP contribution >= 0.6 is 0 Å². The first-order valence-electron chi connectivity index (χ1n) is 6.43. The van der Waals surface area contributed by atoms with Gasteiger partial charge in [-0.15, -0.1) is 0 Å². The van der Waals surface area contributed by atoms with Gasteiger partial charge in [0.15, 0.2) is 0 Å². The van der Waals surface area contributed by atoms with Crippen LogP contribution in [-0.4, -0.2) is 9.55 Å².